The average Bonchev–Trinajstić information content (AvgIpc) is 3.38. The Labute approximate surface area is 197 Å². The molecule has 3 rings (SSSR count). The molecule has 10 heteroatoms. The fraction of sp³-hybridized carbons (Fsp3) is 0.391. The summed E-state index contributed by atoms with van der Waals surface area (Å²) >= 11 is 6.16. The third-order valence-electron chi connectivity index (χ3n) is 5.33. The van der Waals surface area contributed by atoms with E-state index in [0.29, 0.717) is 28.8 Å². The number of halogens is 1. The number of rotatable bonds is 11. The van der Waals surface area contributed by atoms with Crippen LogP contribution in [0, 0.1) is 5.92 Å². The molecule has 0 unspecified atom stereocenters. The summed E-state index contributed by atoms with van der Waals surface area (Å²) in [6.07, 6.45) is 3.57. The number of ether oxygens (including phenoxy) is 1. The van der Waals surface area contributed by atoms with Crippen molar-refractivity contribution in [2.75, 3.05) is 11.9 Å². The molecule has 0 aliphatic heterocycles. The number of anilines is 1. The van der Waals surface area contributed by atoms with Gasteiger partial charge in [0.25, 0.3) is 0 Å². The van der Waals surface area contributed by atoms with Gasteiger partial charge < -0.3 is 29.9 Å². The first-order chi connectivity index (χ1) is 15.8. The van der Waals surface area contributed by atoms with E-state index in [1.54, 1.807) is 42.7 Å². The Morgan fingerprint density at radius 2 is 2.06 bits per heavy atom. The number of nitrogens with one attached hydrogen (secondary N) is 1. The molecule has 1 amide bonds. The van der Waals surface area contributed by atoms with Crippen LogP contribution < -0.4 is 10.1 Å². The zero-order valence-corrected chi connectivity index (χ0v) is 19.3. The number of para-hydroxylation sites is 1. The Balaban J connectivity index is 1.80. The highest BCUT2D eigenvalue weighted by molar-refractivity contribution is 6.32. The normalized spacial score (nSPS) is 14.0. The number of aliphatic hydroxyl groups is 2. The molecule has 0 bridgehead atoms. The maximum atomic E-state index is 13.2. The molecule has 1 aromatic carbocycles. The number of amides is 1. The van der Waals surface area contributed by atoms with E-state index >= 15 is 0 Å². The number of carbonyl (C=O) groups is 1. The summed E-state index contributed by atoms with van der Waals surface area (Å²) in [4.78, 5) is 13.2. The number of hydrogen-bond donors (Lipinski definition) is 4. The Morgan fingerprint density at radius 1 is 1.30 bits per heavy atom. The van der Waals surface area contributed by atoms with Crippen LogP contribution in [0.4, 0.5) is 5.82 Å². The summed E-state index contributed by atoms with van der Waals surface area (Å²) in [5.41, 5.74) is 0. The zero-order chi connectivity index (χ0) is 24.0. The van der Waals surface area contributed by atoms with Crippen LogP contribution in [0.5, 0.6) is 17.4 Å². The van der Waals surface area contributed by atoms with E-state index < -0.39 is 12.1 Å². The van der Waals surface area contributed by atoms with Crippen molar-refractivity contribution in [2.45, 2.75) is 45.4 Å². The molecule has 0 spiro atoms. The van der Waals surface area contributed by atoms with Crippen molar-refractivity contribution in [3.8, 4) is 17.4 Å². The summed E-state index contributed by atoms with van der Waals surface area (Å²) in [6, 6.07) is 9.31. The smallest absolute Gasteiger partial charge is 0.248 e. The van der Waals surface area contributed by atoms with Crippen LogP contribution in [-0.4, -0.2) is 48.3 Å². The van der Waals surface area contributed by atoms with Crippen LogP contribution in [0.25, 0.3) is 0 Å². The molecule has 0 aliphatic carbocycles. The second-order valence-corrected chi connectivity index (χ2v) is 8.39. The largest absolute Gasteiger partial charge is 0.494 e. The van der Waals surface area contributed by atoms with Gasteiger partial charge in [0.2, 0.25) is 5.91 Å². The van der Waals surface area contributed by atoms with Crippen molar-refractivity contribution in [2.24, 2.45) is 5.92 Å². The second-order valence-electron chi connectivity index (χ2n) is 7.99. The van der Waals surface area contributed by atoms with Gasteiger partial charge in [-0.15, -0.1) is 0 Å². The number of hydrogen-bond acceptors (Lipinski definition) is 6. The fourth-order valence-corrected chi connectivity index (χ4v) is 3.48. The van der Waals surface area contributed by atoms with Gasteiger partial charge >= 0.3 is 0 Å². The zero-order valence-electron chi connectivity index (χ0n) is 18.6. The van der Waals surface area contributed by atoms with Crippen molar-refractivity contribution in [1.82, 2.24) is 14.3 Å². The first kappa shape index (κ1) is 24.6. The maximum Gasteiger partial charge on any atom is 0.248 e. The van der Waals surface area contributed by atoms with Crippen molar-refractivity contribution in [3.63, 3.8) is 0 Å². The molecule has 4 N–H and O–H groups in total. The Bertz CT molecular complexity index is 1070. The van der Waals surface area contributed by atoms with E-state index in [9.17, 15) is 15.0 Å². The van der Waals surface area contributed by atoms with Gasteiger partial charge in [-0.3, -0.25) is 9.48 Å². The molecule has 0 saturated carbocycles. The topological polar surface area (TPSA) is 122 Å². The molecule has 2 heterocycles. The molecule has 0 aliphatic rings. The summed E-state index contributed by atoms with van der Waals surface area (Å²) in [5, 5.41) is 36.5. The summed E-state index contributed by atoms with van der Waals surface area (Å²) < 4.78 is 8.70. The number of carbonyl (C=O) groups excluding carboxylic acids is 1. The molecule has 0 radical (unpaired) electrons. The number of aromatic nitrogens is 3. The first-order valence-electron chi connectivity index (χ1n) is 10.8. The van der Waals surface area contributed by atoms with Crippen LogP contribution in [0.3, 0.4) is 0 Å². The highest BCUT2D eigenvalue weighted by Gasteiger charge is 2.26. The van der Waals surface area contributed by atoms with Gasteiger partial charge in [-0.05, 0) is 24.5 Å². The van der Waals surface area contributed by atoms with E-state index in [-0.39, 0.29) is 30.9 Å². The Morgan fingerprint density at radius 3 is 2.76 bits per heavy atom. The van der Waals surface area contributed by atoms with Gasteiger partial charge in [0.05, 0.1) is 30.5 Å². The molecule has 178 valence electrons. The van der Waals surface area contributed by atoms with E-state index in [0.717, 1.165) is 6.42 Å². The lowest BCUT2D eigenvalue weighted by atomic mass is 9.98. The molecule has 33 heavy (non-hydrogen) atoms. The highest BCUT2D eigenvalue weighted by Crippen LogP contribution is 2.35. The van der Waals surface area contributed by atoms with Gasteiger partial charge in [0.15, 0.2) is 11.7 Å². The minimum Gasteiger partial charge on any atom is -0.494 e. The summed E-state index contributed by atoms with van der Waals surface area (Å²) in [7, 11) is 0. The van der Waals surface area contributed by atoms with Crippen LogP contribution in [0.15, 0.2) is 48.8 Å². The van der Waals surface area contributed by atoms with Crippen molar-refractivity contribution >= 4 is 23.3 Å². The van der Waals surface area contributed by atoms with Crippen LogP contribution in [0.1, 0.15) is 32.7 Å². The quantitative estimate of drug-likeness (QED) is 0.334. The minimum atomic E-state index is -0.944. The second kappa shape index (κ2) is 11.2. The fourth-order valence-electron chi connectivity index (χ4n) is 3.31. The standard InChI is InChI=1S/C23H29ClN4O5/c1-3-15(2)10-19(23(32)25-21-8-9-27(26-21)12-16(30)14-29)28-13-17(11-22(28)31)33-20-7-5-4-6-18(20)24/h4-9,11,13,15-16,19,29-31H,3,10,12,14H2,1-2H3,(H,25,26,32)/t15-,16+,19+/m0/s1. The van der Waals surface area contributed by atoms with Crippen molar-refractivity contribution in [1.29, 1.82) is 0 Å². The van der Waals surface area contributed by atoms with E-state index in [1.165, 1.54) is 15.3 Å². The lowest BCUT2D eigenvalue weighted by molar-refractivity contribution is -0.119. The van der Waals surface area contributed by atoms with Gasteiger partial charge in [0.1, 0.15) is 17.5 Å². The van der Waals surface area contributed by atoms with Crippen LogP contribution in [0.2, 0.25) is 5.02 Å². The molecular weight excluding hydrogens is 448 g/mol. The SMILES string of the molecule is CC[C@H](C)C[C@H](C(=O)Nc1ccn(C[C@@H](O)CO)n1)n1cc(Oc2ccccc2Cl)cc1O. The third-order valence-corrected chi connectivity index (χ3v) is 5.64. The summed E-state index contributed by atoms with van der Waals surface area (Å²) in [5.74, 6) is 0.849. The summed E-state index contributed by atoms with van der Waals surface area (Å²) in [6.45, 7) is 3.79. The Kier molecular flexibility index (Phi) is 8.37. The van der Waals surface area contributed by atoms with Gasteiger partial charge in [0, 0.05) is 18.3 Å². The van der Waals surface area contributed by atoms with E-state index in [2.05, 4.69) is 10.4 Å². The molecule has 3 aromatic rings. The highest BCUT2D eigenvalue weighted by atomic mass is 35.5. The molecular formula is C23H29ClN4O5. The predicted molar refractivity (Wildman–Crippen MR) is 125 cm³/mol. The van der Waals surface area contributed by atoms with Gasteiger partial charge in [-0.1, -0.05) is 44.0 Å². The van der Waals surface area contributed by atoms with Crippen LogP contribution in [-0.2, 0) is 11.3 Å². The van der Waals surface area contributed by atoms with Crippen molar-refractivity contribution in [3.05, 3.63) is 53.8 Å². The lowest BCUT2D eigenvalue weighted by Gasteiger charge is -2.21. The van der Waals surface area contributed by atoms with Crippen molar-refractivity contribution < 1.29 is 24.9 Å². The van der Waals surface area contributed by atoms with E-state index in [4.69, 9.17) is 21.4 Å². The first-order valence-corrected chi connectivity index (χ1v) is 11.1. The monoisotopic (exact) mass is 476 g/mol. The molecule has 0 fully saturated rings. The van der Waals surface area contributed by atoms with Gasteiger partial charge in [-0.25, -0.2) is 0 Å². The number of aliphatic hydroxyl groups excluding tert-OH is 2. The lowest BCUT2D eigenvalue weighted by Crippen LogP contribution is -2.27. The predicted octanol–water partition coefficient (Wildman–Crippen LogP) is 3.81. The average molecular weight is 477 g/mol. The number of aromatic hydroxyl groups is 1. The molecule has 0 saturated heterocycles. The molecule has 9 nitrogen and oxygen atoms in total. The molecule has 3 atom stereocenters. The minimum absolute atomic E-state index is 0.101. The third kappa shape index (κ3) is 6.50. The maximum absolute atomic E-state index is 13.2. The molecule has 2 aromatic heterocycles. The Hall–Kier alpha value is -3.01. The van der Waals surface area contributed by atoms with Gasteiger partial charge in [-0.2, -0.15) is 5.10 Å². The number of benzene rings is 1. The van der Waals surface area contributed by atoms with Crippen LogP contribution >= 0.6 is 11.6 Å². The number of nitrogens with zero attached hydrogens (tertiary/aromatic N) is 3. The van der Waals surface area contributed by atoms with E-state index in [1.807, 2.05) is 13.8 Å².